The molecule has 218 valence electrons. The molecule has 0 aliphatic rings. The lowest BCUT2D eigenvalue weighted by atomic mass is 10.0. The second kappa shape index (κ2) is 17.5. The number of benzene rings is 2. The number of ether oxygens (including phenoxy) is 5. The lowest BCUT2D eigenvalue weighted by Gasteiger charge is -2.19. The van der Waals surface area contributed by atoms with Crippen molar-refractivity contribution >= 4 is 5.97 Å². The zero-order valence-electron chi connectivity index (χ0n) is 23.2. The van der Waals surface area contributed by atoms with Crippen LogP contribution in [0, 0.1) is 0 Å². The van der Waals surface area contributed by atoms with Crippen LogP contribution in [0.15, 0.2) is 36.4 Å². The van der Waals surface area contributed by atoms with Crippen LogP contribution in [0.1, 0.15) is 78.6 Å². The van der Waals surface area contributed by atoms with Crippen LogP contribution in [-0.2, 0) is 9.53 Å². The Labute approximate surface area is 229 Å². The van der Waals surface area contributed by atoms with Gasteiger partial charge in [-0.15, -0.1) is 13.2 Å². The van der Waals surface area contributed by atoms with Gasteiger partial charge in [-0.2, -0.15) is 0 Å². The van der Waals surface area contributed by atoms with Crippen molar-refractivity contribution in [2.45, 2.75) is 84.9 Å². The van der Waals surface area contributed by atoms with Gasteiger partial charge in [0.25, 0.3) is 0 Å². The van der Waals surface area contributed by atoms with Crippen molar-refractivity contribution in [1.82, 2.24) is 0 Å². The lowest BCUT2D eigenvalue weighted by Crippen LogP contribution is -2.17. The number of carbonyl (C=O) groups is 1. The monoisotopic (exact) mass is 554 g/mol. The minimum Gasteiger partial charge on any atom is -0.490 e. The topological polar surface area (TPSA) is 63.2 Å². The second-order valence-electron chi connectivity index (χ2n) is 9.20. The fourth-order valence-electron chi connectivity index (χ4n) is 3.73. The number of esters is 1. The fraction of sp³-hybridized carbons (Fsp3) is 0.567. The molecule has 2 rings (SSSR count). The third kappa shape index (κ3) is 12.5. The smallest absolute Gasteiger partial charge is 0.490 e. The van der Waals surface area contributed by atoms with Crippen molar-refractivity contribution in [1.29, 1.82) is 0 Å². The van der Waals surface area contributed by atoms with E-state index in [4.69, 9.17) is 18.9 Å². The van der Waals surface area contributed by atoms with E-state index in [1.54, 1.807) is 12.1 Å². The molecule has 39 heavy (non-hydrogen) atoms. The minimum atomic E-state index is -4.77. The number of hydrogen-bond donors (Lipinski definition) is 0. The van der Waals surface area contributed by atoms with Crippen LogP contribution in [0.3, 0.4) is 0 Å². The molecule has 0 heterocycles. The van der Waals surface area contributed by atoms with Gasteiger partial charge in [-0.05, 0) is 54.7 Å². The van der Waals surface area contributed by atoms with Gasteiger partial charge in [0.05, 0.1) is 19.8 Å². The average Bonchev–Trinajstić information content (AvgIpc) is 2.90. The number of halogens is 3. The van der Waals surface area contributed by atoms with E-state index < -0.39 is 12.3 Å². The van der Waals surface area contributed by atoms with E-state index in [-0.39, 0.29) is 12.4 Å². The van der Waals surface area contributed by atoms with E-state index in [0.717, 1.165) is 57.8 Å². The second-order valence-corrected chi connectivity index (χ2v) is 9.20. The average molecular weight is 555 g/mol. The number of rotatable bonds is 19. The van der Waals surface area contributed by atoms with E-state index in [1.165, 1.54) is 24.3 Å². The SMILES string of the molecule is CCCCCOC(=O)COc1c(OCCCCC)cc(-c2ccc(OC(F)(F)F)cc2)cc1OCCCCC. The highest BCUT2D eigenvalue weighted by Crippen LogP contribution is 2.42. The minimum absolute atomic E-state index is 0.300. The predicted molar refractivity (Wildman–Crippen MR) is 145 cm³/mol. The summed E-state index contributed by atoms with van der Waals surface area (Å²) in [5.41, 5.74) is 1.31. The Hall–Kier alpha value is -3.10. The fourth-order valence-corrected chi connectivity index (χ4v) is 3.73. The van der Waals surface area contributed by atoms with E-state index in [0.29, 0.717) is 48.2 Å². The summed E-state index contributed by atoms with van der Waals surface area (Å²) in [6.45, 7) is 7.16. The maximum Gasteiger partial charge on any atom is 0.573 e. The van der Waals surface area contributed by atoms with Crippen molar-refractivity contribution in [2.24, 2.45) is 0 Å². The molecule has 0 atom stereocenters. The molecule has 0 bridgehead atoms. The number of alkyl halides is 3. The first-order chi connectivity index (χ1) is 18.8. The van der Waals surface area contributed by atoms with Gasteiger partial charge in [0.2, 0.25) is 5.75 Å². The number of unbranched alkanes of at least 4 members (excludes halogenated alkanes) is 6. The summed E-state index contributed by atoms with van der Waals surface area (Å²) in [5, 5.41) is 0. The van der Waals surface area contributed by atoms with Crippen LogP contribution in [0.5, 0.6) is 23.0 Å². The van der Waals surface area contributed by atoms with Crippen LogP contribution in [0.2, 0.25) is 0 Å². The van der Waals surface area contributed by atoms with Crippen LogP contribution in [-0.4, -0.2) is 38.8 Å². The van der Waals surface area contributed by atoms with Gasteiger partial charge in [-0.3, -0.25) is 0 Å². The van der Waals surface area contributed by atoms with Gasteiger partial charge in [-0.25, -0.2) is 4.79 Å². The molecular weight excluding hydrogens is 513 g/mol. The summed E-state index contributed by atoms with van der Waals surface area (Å²) in [5.74, 6) is 0.293. The molecule has 2 aromatic rings. The Bertz CT molecular complexity index is 943. The number of carbonyl (C=O) groups excluding carboxylic acids is 1. The van der Waals surface area contributed by atoms with Crippen LogP contribution in [0.25, 0.3) is 11.1 Å². The Kier molecular flexibility index (Phi) is 14.4. The Morgan fingerprint density at radius 1 is 0.692 bits per heavy atom. The van der Waals surface area contributed by atoms with Gasteiger partial charge in [-0.1, -0.05) is 71.4 Å². The number of hydrogen-bond acceptors (Lipinski definition) is 6. The molecule has 0 aromatic heterocycles. The molecule has 6 nitrogen and oxygen atoms in total. The third-order valence-electron chi connectivity index (χ3n) is 5.80. The molecule has 0 unspecified atom stereocenters. The quantitative estimate of drug-likeness (QED) is 0.128. The van der Waals surface area contributed by atoms with Gasteiger partial charge >= 0.3 is 12.3 Å². The Balaban J connectivity index is 2.34. The molecule has 9 heteroatoms. The summed E-state index contributed by atoms with van der Waals surface area (Å²) in [4.78, 5) is 12.3. The highest BCUT2D eigenvalue weighted by atomic mass is 19.4. The standard InChI is InChI=1S/C30H41F3O6/c1-4-7-10-17-35-26-20-24(23-13-15-25(16-14-23)39-30(31,32)33)21-27(36-18-11-8-5-2)29(26)38-22-28(34)37-19-12-9-6-3/h13-16,20-21H,4-12,17-19,22H2,1-3H3. The van der Waals surface area contributed by atoms with Gasteiger partial charge in [0.1, 0.15) is 5.75 Å². The maximum absolute atomic E-state index is 12.6. The summed E-state index contributed by atoms with van der Waals surface area (Å²) < 4.78 is 65.1. The normalized spacial score (nSPS) is 11.2. The van der Waals surface area contributed by atoms with E-state index in [9.17, 15) is 18.0 Å². The van der Waals surface area contributed by atoms with Crippen molar-refractivity contribution < 1.29 is 41.7 Å². The first-order valence-electron chi connectivity index (χ1n) is 13.9. The third-order valence-corrected chi connectivity index (χ3v) is 5.80. The first kappa shape index (κ1) is 32.1. The highest BCUT2D eigenvalue weighted by Gasteiger charge is 2.31. The van der Waals surface area contributed by atoms with E-state index in [1.807, 2.05) is 0 Å². The molecule has 0 radical (unpaired) electrons. The van der Waals surface area contributed by atoms with Crippen molar-refractivity contribution in [2.75, 3.05) is 26.4 Å². The van der Waals surface area contributed by atoms with E-state index >= 15 is 0 Å². The first-order valence-corrected chi connectivity index (χ1v) is 13.9. The largest absolute Gasteiger partial charge is 0.573 e. The van der Waals surface area contributed by atoms with Crippen LogP contribution in [0.4, 0.5) is 13.2 Å². The van der Waals surface area contributed by atoms with Gasteiger partial charge < -0.3 is 23.7 Å². The summed E-state index contributed by atoms with van der Waals surface area (Å²) >= 11 is 0. The molecule has 0 aliphatic heterocycles. The molecule has 0 spiro atoms. The van der Waals surface area contributed by atoms with Gasteiger partial charge in [0, 0.05) is 0 Å². The van der Waals surface area contributed by atoms with Crippen LogP contribution >= 0.6 is 0 Å². The zero-order chi connectivity index (χ0) is 28.5. The van der Waals surface area contributed by atoms with Gasteiger partial charge in [0.15, 0.2) is 18.1 Å². The highest BCUT2D eigenvalue weighted by molar-refractivity contribution is 5.74. The molecular formula is C30H41F3O6. The molecule has 0 fully saturated rings. The summed E-state index contributed by atoms with van der Waals surface area (Å²) in [7, 11) is 0. The maximum atomic E-state index is 12.6. The molecule has 0 aliphatic carbocycles. The summed E-state index contributed by atoms with van der Waals surface area (Å²) in [6.07, 6.45) is 3.70. The van der Waals surface area contributed by atoms with Crippen LogP contribution < -0.4 is 18.9 Å². The zero-order valence-corrected chi connectivity index (χ0v) is 23.2. The Morgan fingerprint density at radius 3 is 1.69 bits per heavy atom. The molecule has 2 aromatic carbocycles. The molecule has 0 saturated carbocycles. The van der Waals surface area contributed by atoms with Crippen molar-refractivity contribution in [3.8, 4) is 34.1 Å². The molecule has 0 amide bonds. The molecule has 0 N–H and O–H groups in total. The summed E-state index contributed by atoms with van der Waals surface area (Å²) in [6, 6.07) is 9.06. The predicted octanol–water partition coefficient (Wildman–Crippen LogP) is 8.50. The van der Waals surface area contributed by atoms with E-state index in [2.05, 4.69) is 25.5 Å². The van der Waals surface area contributed by atoms with Crippen molar-refractivity contribution in [3.63, 3.8) is 0 Å². The lowest BCUT2D eigenvalue weighted by molar-refractivity contribution is -0.274. The van der Waals surface area contributed by atoms with Crippen molar-refractivity contribution in [3.05, 3.63) is 36.4 Å². The molecule has 0 saturated heterocycles. The Morgan fingerprint density at radius 2 is 1.21 bits per heavy atom.